The maximum Gasteiger partial charge on any atom is 0.251 e. The first-order valence-corrected chi connectivity index (χ1v) is 9.37. The third-order valence-corrected chi connectivity index (χ3v) is 4.35. The topological polar surface area (TPSA) is 81.9 Å². The number of hydrogen-bond acceptors (Lipinski definition) is 5. The predicted octanol–water partition coefficient (Wildman–Crippen LogP) is 3.55. The number of carbonyl (C=O) groups excluding carboxylic acids is 1. The van der Waals surface area contributed by atoms with Gasteiger partial charge in [-0.1, -0.05) is 19.1 Å². The summed E-state index contributed by atoms with van der Waals surface area (Å²) in [5.41, 5.74) is 3.05. The van der Waals surface area contributed by atoms with Crippen molar-refractivity contribution in [1.82, 2.24) is 25.3 Å². The highest BCUT2D eigenvalue weighted by Gasteiger charge is 2.17. The fraction of sp³-hybridized carbons (Fsp3) is 0.333. The Balaban J connectivity index is 1.77. The van der Waals surface area contributed by atoms with Crippen molar-refractivity contribution in [2.45, 2.75) is 39.3 Å². The first-order valence-electron chi connectivity index (χ1n) is 9.37. The smallest absolute Gasteiger partial charge is 0.251 e. The minimum absolute atomic E-state index is 0.0399. The quantitative estimate of drug-likeness (QED) is 0.679. The van der Waals surface area contributed by atoms with Crippen LogP contribution in [0.1, 0.15) is 49.3 Å². The molecule has 1 aromatic carbocycles. The van der Waals surface area contributed by atoms with Crippen LogP contribution in [0.4, 0.5) is 0 Å². The lowest BCUT2D eigenvalue weighted by molar-refractivity contribution is 0.0934. The molecule has 2 aromatic heterocycles. The number of rotatable bonds is 7. The molecule has 3 aromatic rings. The van der Waals surface area contributed by atoms with E-state index in [2.05, 4.69) is 20.6 Å². The molecule has 0 aliphatic heterocycles. The standard InChI is InChI=1S/C21H25N5O2/c1-5-17(19-11-12-22-26(19)4)23-21(27)16-8-6-7-15(13-16)18-9-10-20(25-24-18)28-14(2)3/h6-14,17H,5H2,1-4H3,(H,23,27). The van der Waals surface area contributed by atoms with Gasteiger partial charge in [-0.2, -0.15) is 5.10 Å². The highest BCUT2D eigenvalue weighted by atomic mass is 16.5. The first kappa shape index (κ1) is 19.5. The van der Waals surface area contributed by atoms with E-state index in [9.17, 15) is 4.79 Å². The molecule has 0 fully saturated rings. The highest BCUT2D eigenvalue weighted by Crippen LogP contribution is 2.21. The van der Waals surface area contributed by atoms with E-state index < -0.39 is 0 Å². The van der Waals surface area contributed by atoms with Crippen LogP contribution in [-0.2, 0) is 7.05 Å². The Kier molecular flexibility index (Phi) is 6.03. The van der Waals surface area contributed by atoms with Gasteiger partial charge in [0.15, 0.2) is 0 Å². The highest BCUT2D eigenvalue weighted by molar-refractivity contribution is 5.95. The molecule has 0 saturated heterocycles. The molecule has 28 heavy (non-hydrogen) atoms. The van der Waals surface area contributed by atoms with Crippen LogP contribution in [0.5, 0.6) is 5.88 Å². The minimum Gasteiger partial charge on any atom is -0.474 e. The molecule has 2 heterocycles. The molecule has 0 aliphatic rings. The van der Waals surface area contributed by atoms with Gasteiger partial charge in [0, 0.05) is 30.4 Å². The lowest BCUT2D eigenvalue weighted by Gasteiger charge is -2.17. The number of carbonyl (C=O) groups is 1. The molecular formula is C21H25N5O2. The van der Waals surface area contributed by atoms with Crippen LogP contribution < -0.4 is 10.1 Å². The molecule has 7 nitrogen and oxygen atoms in total. The molecule has 1 atom stereocenters. The summed E-state index contributed by atoms with van der Waals surface area (Å²) >= 11 is 0. The fourth-order valence-electron chi connectivity index (χ4n) is 2.95. The van der Waals surface area contributed by atoms with Gasteiger partial charge < -0.3 is 10.1 Å². The second-order valence-electron chi connectivity index (χ2n) is 6.82. The largest absolute Gasteiger partial charge is 0.474 e. The Morgan fingerprint density at radius 2 is 2.00 bits per heavy atom. The summed E-state index contributed by atoms with van der Waals surface area (Å²) < 4.78 is 7.30. The van der Waals surface area contributed by atoms with Crippen molar-refractivity contribution in [3.8, 4) is 17.1 Å². The van der Waals surface area contributed by atoms with Gasteiger partial charge in [-0.25, -0.2) is 0 Å². The molecule has 7 heteroatoms. The molecule has 0 aliphatic carbocycles. The molecular weight excluding hydrogens is 354 g/mol. The van der Waals surface area contributed by atoms with Crippen molar-refractivity contribution in [2.75, 3.05) is 0 Å². The zero-order valence-corrected chi connectivity index (χ0v) is 16.6. The monoisotopic (exact) mass is 379 g/mol. The molecule has 1 unspecified atom stereocenters. The molecule has 1 N–H and O–H groups in total. The zero-order chi connectivity index (χ0) is 20.1. The van der Waals surface area contributed by atoms with Gasteiger partial charge in [-0.3, -0.25) is 9.48 Å². The van der Waals surface area contributed by atoms with Crippen molar-refractivity contribution in [3.05, 3.63) is 59.9 Å². The van der Waals surface area contributed by atoms with E-state index in [4.69, 9.17) is 4.74 Å². The lowest BCUT2D eigenvalue weighted by atomic mass is 10.1. The van der Waals surface area contributed by atoms with E-state index in [1.54, 1.807) is 23.0 Å². The predicted molar refractivity (Wildman–Crippen MR) is 107 cm³/mol. The third kappa shape index (κ3) is 4.54. The summed E-state index contributed by atoms with van der Waals surface area (Å²) in [5, 5.41) is 15.6. The van der Waals surface area contributed by atoms with Crippen molar-refractivity contribution in [3.63, 3.8) is 0 Å². The summed E-state index contributed by atoms with van der Waals surface area (Å²) in [6.07, 6.45) is 2.54. The van der Waals surface area contributed by atoms with Crippen molar-refractivity contribution in [1.29, 1.82) is 0 Å². The number of nitrogens with one attached hydrogen (secondary N) is 1. The normalized spacial score (nSPS) is 12.0. The van der Waals surface area contributed by atoms with Crippen LogP contribution >= 0.6 is 0 Å². The van der Waals surface area contributed by atoms with Crippen LogP contribution in [0, 0.1) is 0 Å². The first-order chi connectivity index (χ1) is 13.5. The number of ether oxygens (including phenoxy) is 1. The molecule has 0 bridgehead atoms. The van der Waals surface area contributed by atoms with Gasteiger partial charge in [0.2, 0.25) is 5.88 Å². The second-order valence-corrected chi connectivity index (χ2v) is 6.82. The van der Waals surface area contributed by atoms with Gasteiger partial charge in [-0.05, 0) is 44.5 Å². The summed E-state index contributed by atoms with van der Waals surface area (Å²) in [7, 11) is 1.87. The second kappa shape index (κ2) is 8.65. The molecule has 3 rings (SSSR count). The number of aryl methyl sites for hydroxylation is 1. The molecule has 0 saturated carbocycles. The number of amides is 1. The Morgan fingerprint density at radius 1 is 1.18 bits per heavy atom. The summed E-state index contributed by atoms with van der Waals surface area (Å²) in [6.45, 7) is 5.91. The van der Waals surface area contributed by atoms with Gasteiger partial charge in [0.25, 0.3) is 5.91 Å². The van der Waals surface area contributed by atoms with Crippen LogP contribution in [0.15, 0.2) is 48.7 Å². The Hall–Kier alpha value is -3.22. The van der Waals surface area contributed by atoms with Gasteiger partial charge >= 0.3 is 0 Å². The lowest BCUT2D eigenvalue weighted by Crippen LogP contribution is -2.29. The Bertz CT molecular complexity index is 934. The van der Waals surface area contributed by atoms with Crippen molar-refractivity contribution in [2.24, 2.45) is 7.05 Å². The van der Waals surface area contributed by atoms with Crippen LogP contribution in [-0.4, -0.2) is 32.0 Å². The van der Waals surface area contributed by atoms with Crippen LogP contribution in [0.2, 0.25) is 0 Å². The Labute approximate surface area is 164 Å². The fourth-order valence-corrected chi connectivity index (χ4v) is 2.95. The number of nitrogens with zero attached hydrogens (tertiary/aromatic N) is 4. The molecule has 0 radical (unpaired) electrons. The molecule has 0 spiro atoms. The maximum absolute atomic E-state index is 12.8. The summed E-state index contributed by atoms with van der Waals surface area (Å²) in [6, 6.07) is 12.8. The summed E-state index contributed by atoms with van der Waals surface area (Å²) in [4.78, 5) is 12.8. The van der Waals surface area contributed by atoms with Crippen LogP contribution in [0.3, 0.4) is 0 Å². The van der Waals surface area contributed by atoms with Crippen molar-refractivity contribution >= 4 is 5.91 Å². The van der Waals surface area contributed by atoms with Gasteiger partial charge in [0.1, 0.15) is 0 Å². The Morgan fingerprint density at radius 3 is 2.61 bits per heavy atom. The average molecular weight is 379 g/mol. The van der Waals surface area contributed by atoms with Crippen molar-refractivity contribution < 1.29 is 9.53 Å². The molecule has 146 valence electrons. The third-order valence-electron chi connectivity index (χ3n) is 4.35. The zero-order valence-electron chi connectivity index (χ0n) is 16.6. The molecule has 1 amide bonds. The van der Waals surface area contributed by atoms with E-state index in [0.717, 1.165) is 17.7 Å². The number of aromatic nitrogens is 4. The van der Waals surface area contributed by atoms with E-state index in [1.165, 1.54) is 0 Å². The van der Waals surface area contributed by atoms with E-state index >= 15 is 0 Å². The SMILES string of the molecule is CCC(NC(=O)c1cccc(-c2ccc(OC(C)C)nn2)c1)c1ccnn1C. The van der Waals surface area contributed by atoms with Crippen LogP contribution in [0.25, 0.3) is 11.3 Å². The number of hydrogen-bond donors (Lipinski definition) is 1. The van der Waals surface area contributed by atoms with E-state index in [-0.39, 0.29) is 18.1 Å². The average Bonchev–Trinajstić information content (AvgIpc) is 3.12. The van der Waals surface area contributed by atoms with Gasteiger partial charge in [-0.15, -0.1) is 10.2 Å². The minimum atomic E-state index is -0.136. The van der Waals surface area contributed by atoms with E-state index in [1.807, 2.05) is 58.2 Å². The summed E-state index contributed by atoms with van der Waals surface area (Å²) in [5.74, 6) is 0.345. The number of benzene rings is 1. The maximum atomic E-state index is 12.8. The van der Waals surface area contributed by atoms with E-state index in [0.29, 0.717) is 17.1 Å². The van der Waals surface area contributed by atoms with Gasteiger partial charge in [0.05, 0.1) is 23.5 Å².